The van der Waals surface area contributed by atoms with Crippen LogP contribution in [0.4, 0.5) is 13.2 Å². The van der Waals surface area contributed by atoms with Gasteiger partial charge < -0.3 is 5.32 Å². The first-order valence-corrected chi connectivity index (χ1v) is 6.03. The Kier molecular flexibility index (Phi) is 4.20. The second kappa shape index (κ2) is 5.90. The van der Waals surface area contributed by atoms with E-state index in [1.807, 2.05) is 0 Å². The lowest BCUT2D eigenvalue weighted by molar-refractivity contribution is -0.138. The van der Waals surface area contributed by atoms with Crippen molar-refractivity contribution in [3.63, 3.8) is 0 Å². The standard InChI is InChI=1S/C12H11F3N4O2/c13-12(14,15)7-16-10(20)5-6-19-11(21)8-3-1-2-4-9(8)17-18-19/h1-4H,5-7H2,(H,16,20). The lowest BCUT2D eigenvalue weighted by Crippen LogP contribution is -2.35. The highest BCUT2D eigenvalue weighted by atomic mass is 19.4. The molecule has 1 aromatic carbocycles. The third-order valence-electron chi connectivity index (χ3n) is 2.67. The maximum absolute atomic E-state index is 12.0. The Hall–Kier alpha value is -2.45. The number of nitrogens with one attached hydrogen (secondary N) is 1. The largest absolute Gasteiger partial charge is 0.405 e. The predicted octanol–water partition coefficient (Wildman–Crippen LogP) is 0.860. The van der Waals surface area contributed by atoms with Crippen molar-refractivity contribution in [2.24, 2.45) is 0 Å². The van der Waals surface area contributed by atoms with E-state index in [-0.39, 0.29) is 13.0 Å². The van der Waals surface area contributed by atoms with Crippen molar-refractivity contribution in [3.05, 3.63) is 34.6 Å². The van der Waals surface area contributed by atoms with E-state index in [4.69, 9.17) is 0 Å². The molecule has 0 fully saturated rings. The number of benzene rings is 1. The quantitative estimate of drug-likeness (QED) is 0.908. The molecule has 0 aliphatic carbocycles. The topological polar surface area (TPSA) is 76.9 Å². The van der Waals surface area contributed by atoms with Crippen molar-refractivity contribution < 1.29 is 18.0 Å². The Morgan fingerprint density at radius 1 is 1.29 bits per heavy atom. The molecular formula is C12H11F3N4O2. The molecule has 0 unspecified atom stereocenters. The Morgan fingerprint density at radius 3 is 2.71 bits per heavy atom. The van der Waals surface area contributed by atoms with E-state index in [1.165, 1.54) is 0 Å². The summed E-state index contributed by atoms with van der Waals surface area (Å²) in [6.07, 6.45) is -4.75. The minimum Gasteiger partial charge on any atom is -0.347 e. The molecule has 1 heterocycles. The molecular weight excluding hydrogens is 289 g/mol. The summed E-state index contributed by atoms with van der Waals surface area (Å²) in [6.45, 7) is -1.54. The molecule has 1 aromatic heterocycles. The lowest BCUT2D eigenvalue weighted by atomic mass is 10.2. The fraction of sp³-hybridized carbons (Fsp3) is 0.333. The summed E-state index contributed by atoms with van der Waals surface area (Å²) in [6, 6.07) is 6.54. The van der Waals surface area contributed by atoms with Gasteiger partial charge in [-0.15, -0.1) is 5.10 Å². The van der Waals surface area contributed by atoms with Crippen LogP contribution >= 0.6 is 0 Å². The van der Waals surface area contributed by atoms with Gasteiger partial charge in [0.15, 0.2) is 0 Å². The van der Waals surface area contributed by atoms with E-state index in [1.54, 1.807) is 29.6 Å². The molecule has 0 aliphatic heterocycles. The SMILES string of the molecule is O=C(CCn1nnc2ccccc2c1=O)NCC(F)(F)F. The molecule has 1 amide bonds. The van der Waals surface area contributed by atoms with E-state index < -0.39 is 24.2 Å². The lowest BCUT2D eigenvalue weighted by Gasteiger charge is -2.08. The van der Waals surface area contributed by atoms with Gasteiger partial charge in [-0.1, -0.05) is 17.3 Å². The summed E-state index contributed by atoms with van der Waals surface area (Å²) in [5.74, 6) is -0.811. The van der Waals surface area contributed by atoms with Crippen LogP contribution in [0.3, 0.4) is 0 Å². The highest BCUT2D eigenvalue weighted by Crippen LogP contribution is 2.12. The van der Waals surface area contributed by atoms with E-state index >= 15 is 0 Å². The van der Waals surface area contributed by atoms with Gasteiger partial charge in [-0.05, 0) is 12.1 Å². The third-order valence-corrected chi connectivity index (χ3v) is 2.67. The normalized spacial score (nSPS) is 11.6. The second-order valence-electron chi connectivity index (χ2n) is 4.28. The third kappa shape index (κ3) is 4.01. The Bertz CT molecular complexity index is 711. The minimum absolute atomic E-state index is 0.139. The molecule has 0 bridgehead atoms. The number of aromatic nitrogens is 3. The van der Waals surface area contributed by atoms with Crippen LogP contribution < -0.4 is 10.9 Å². The highest BCUT2D eigenvalue weighted by Gasteiger charge is 2.27. The van der Waals surface area contributed by atoms with Gasteiger partial charge in [-0.25, -0.2) is 4.68 Å². The summed E-state index contributed by atoms with van der Waals surface area (Å²) >= 11 is 0. The van der Waals surface area contributed by atoms with Crippen LogP contribution in [-0.2, 0) is 11.3 Å². The molecule has 0 atom stereocenters. The average Bonchev–Trinajstić information content (AvgIpc) is 2.44. The molecule has 0 spiro atoms. The molecule has 0 saturated heterocycles. The summed E-state index contributed by atoms with van der Waals surface area (Å²) in [7, 11) is 0. The minimum atomic E-state index is -4.46. The van der Waals surface area contributed by atoms with Crippen molar-refractivity contribution in [3.8, 4) is 0 Å². The van der Waals surface area contributed by atoms with E-state index in [2.05, 4.69) is 10.3 Å². The first-order valence-electron chi connectivity index (χ1n) is 6.03. The number of alkyl halides is 3. The highest BCUT2D eigenvalue weighted by molar-refractivity contribution is 5.77. The Labute approximate surface area is 116 Å². The van der Waals surface area contributed by atoms with E-state index in [9.17, 15) is 22.8 Å². The summed E-state index contributed by atoms with van der Waals surface area (Å²) in [5, 5.41) is 9.50. The van der Waals surface area contributed by atoms with Crippen molar-refractivity contribution in [1.29, 1.82) is 0 Å². The fourth-order valence-electron chi connectivity index (χ4n) is 1.66. The zero-order valence-electron chi connectivity index (χ0n) is 10.7. The van der Waals surface area contributed by atoms with Gasteiger partial charge in [0, 0.05) is 6.42 Å². The molecule has 21 heavy (non-hydrogen) atoms. The van der Waals surface area contributed by atoms with Crippen LogP contribution in [0.1, 0.15) is 6.42 Å². The van der Waals surface area contributed by atoms with Crippen molar-refractivity contribution in [2.75, 3.05) is 6.54 Å². The van der Waals surface area contributed by atoms with Gasteiger partial charge >= 0.3 is 6.18 Å². The zero-order valence-corrected chi connectivity index (χ0v) is 10.7. The van der Waals surface area contributed by atoms with Crippen LogP contribution in [-0.4, -0.2) is 33.6 Å². The second-order valence-corrected chi connectivity index (χ2v) is 4.28. The number of amides is 1. The number of rotatable bonds is 4. The van der Waals surface area contributed by atoms with Crippen LogP contribution in [0, 0.1) is 0 Å². The van der Waals surface area contributed by atoms with E-state index in [0.29, 0.717) is 10.9 Å². The van der Waals surface area contributed by atoms with Crippen LogP contribution in [0.5, 0.6) is 0 Å². The molecule has 112 valence electrons. The smallest absolute Gasteiger partial charge is 0.347 e. The van der Waals surface area contributed by atoms with Crippen molar-refractivity contribution in [1.82, 2.24) is 20.3 Å². The summed E-state index contributed by atoms with van der Waals surface area (Å²) in [4.78, 5) is 23.3. The number of aryl methyl sites for hydroxylation is 1. The molecule has 9 heteroatoms. The summed E-state index contributed by atoms with van der Waals surface area (Å²) in [5.41, 5.74) is -0.0236. The van der Waals surface area contributed by atoms with Gasteiger partial charge in [0.05, 0.1) is 11.9 Å². The van der Waals surface area contributed by atoms with Crippen LogP contribution in [0.2, 0.25) is 0 Å². The molecule has 2 aromatic rings. The van der Waals surface area contributed by atoms with Crippen molar-refractivity contribution >= 4 is 16.8 Å². The molecule has 0 aliphatic rings. The first-order chi connectivity index (χ1) is 9.87. The molecule has 6 nitrogen and oxygen atoms in total. The number of carbonyl (C=O) groups excluding carboxylic acids is 1. The van der Waals surface area contributed by atoms with Gasteiger partial charge in [-0.2, -0.15) is 13.2 Å². The van der Waals surface area contributed by atoms with Gasteiger partial charge in [0.25, 0.3) is 5.56 Å². The number of fused-ring (bicyclic) bond motifs is 1. The molecule has 0 saturated carbocycles. The Morgan fingerprint density at radius 2 is 2.00 bits per heavy atom. The number of nitrogens with zero attached hydrogens (tertiary/aromatic N) is 3. The zero-order chi connectivity index (χ0) is 15.5. The number of hydrogen-bond donors (Lipinski definition) is 1. The molecule has 0 radical (unpaired) electrons. The summed E-state index contributed by atoms with van der Waals surface area (Å²) < 4.78 is 36.7. The molecule has 1 N–H and O–H groups in total. The van der Waals surface area contributed by atoms with Gasteiger partial charge in [0.1, 0.15) is 12.1 Å². The maximum atomic E-state index is 12.0. The van der Waals surface area contributed by atoms with Crippen LogP contribution in [0.25, 0.3) is 10.9 Å². The monoisotopic (exact) mass is 300 g/mol. The van der Waals surface area contributed by atoms with Crippen molar-refractivity contribution in [2.45, 2.75) is 19.1 Å². The fourth-order valence-corrected chi connectivity index (χ4v) is 1.66. The number of halogens is 3. The van der Waals surface area contributed by atoms with Crippen LogP contribution in [0.15, 0.2) is 29.1 Å². The number of carbonyl (C=O) groups is 1. The van der Waals surface area contributed by atoms with Gasteiger partial charge in [-0.3, -0.25) is 9.59 Å². The van der Waals surface area contributed by atoms with Gasteiger partial charge in [0.2, 0.25) is 5.91 Å². The molecule has 2 rings (SSSR count). The first kappa shape index (κ1) is 14.9. The number of hydrogen-bond acceptors (Lipinski definition) is 4. The average molecular weight is 300 g/mol. The van der Waals surface area contributed by atoms with E-state index in [0.717, 1.165) is 4.68 Å². The predicted molar refractivity (Wildman–Crippen MR) is 67.5 cm³/mol. The Balaban J connectivity index is 2.02. The maximum Gasteiger partial charge on any atom is 0.405 e.